The van der Waals surface area contributed by atoms with Gasteiger partial charge >= 0.3 is 0 Å². The number of nitrogens with two attached hydrogens (primary N) is 1. The summed E-state index contributed by atoms with van der Waals surface area (Å²) in [5.41, 5.74) is 0.959. The van der Waals surface area contributed by atoms with Gasteiger partial charge in [-0.3, -0.25) is 4.79 Å². The van der Waals surface area contributed by atoms with Crippen molar-refractivity contribution in [3.63, 3.8) is 0 Å². The minimum absolute atomic E-state index is 0.0368. The third-order valence-electron chi connectivity index (χ3n) is 3.83. The standard InChI is InChI=1S/C14H21N3O3S/c1-10-13(7-9-16-10)14(18)17-8-6-11-2-4-12(5-3-11)21(15,19)20/h2-5,10,13,16H,6-9H2,1H3,(H,17,18)(H2,15,19,20). The predicted octanol–water partition coefficient (Wildman–Crippen LogP) is -0.00930. The lowest BCUT2D eigenvalue weighted by molar-refractivity contribution is -0.125. The van der Waals surface area contributed by atoms with Gasteiger partial charge in [-0.1, -0.05) is 12.1 Å². The Kier molecular flexibility index (Phi) is 4.97. The van der Waals surface area contributed by atoms with E-state index in [-0.39, 0.29) is 22.8 Å². The number of hydrogen-bond acceptors (Lipinski definition) is 4. The van der Waals surface area contributed by atoms with Gasteiger partial charge in [0.15, 0.2) is 0 Å². The number of primary sulfonamides is 1. The second-order valence-corrected chi connectivity index (χ2v) is 6.93. The van der Waals surface area contributed by atoms with Crippen LogP contribution in [0.15, 0.2) is 29.2 Å². The summed E-state index contributed by atoms with van der Waals surface area (Å²) in [5, 5.41) is 11.2. The van der Waals surface area contributed by atoms with Crippen LogP contribution in [0.1, 0.15) is 18.9 Å². The summed E-state index contributed by atoms with van der Waals surface area (Å²) in [4.78, 5) is 12.1. The normalized spacial score (nSPS) is 22.2. The fraction of sp³-hybridized carbons (Fsp3) is 0.500. The average molecular weight is 311 g/mol. The second kappa shape index (κ2) is 6.55. The van der Waals surface area contributed by atoms with Crippen LogP contribution < -0.4 is 15.8 Å². The number of benzene rings is 1. The van der Waals surface area contributed by atoms with Gasteiger partial charge in [-0.05, 0) is 44.0 Å². The zero-order valence-electron chi connectivity index (χ0n) is 12.0. The molecule has 0 radical (unpaired) electrons. The van der Waals surface area contributed by atoms with Gasteiger partial charge in [0.05, 0.1) is 10.8 Å². The van der Waals surface area contributed by atoms with Crippen molar-refractivity contribution in [1.82, 2.24) is 10.6 Å². The number of carbonyl (C=O) groups excluding carboxylic acids is 1. The summed E-state index contributed by atoms with van der Waals surface area (Å²) < 4.78 is 22.3. The molecule has 1 saturated heterocycles. The molecule has 2 unspecified atom stereocenters. The van der Waals surface area contributed by atoms with Crippen LogP contribution in [-0.2, 0) is 21.2 Å². The first-order valence-corrected chi connectivity index (χ1v) is 8.55. The van der Waals surface area contributed by atoms with Gasteiger partial charge in [0.1, 0.15) is 0 Å². The van der Waals surface area contributed by atoms with Crippen molar-refractivity contribution in [2.75, 3.05) is 13.1 Å². The van der Waals surface area contributed by atoms with Crippen LogP contribution >= 0.6 is 0 Å². The second-order valence-electron chi connectivity index (χ2n) is 5.37. The first kappa shape index (κ1) is 15.9. The Morgan fingerprint density at radius 2 is 2.05 bits per heavy atom. The molecule has 1 heterocycles. The van der Waals surface area contributed by atoms with Crippen LogP contribution in [0.2, 0.25) is 0 Å². The van der Waals surface area contributed by atoms with E-state index in [0.717, 1.165) is 18.5 Å². The Morgan fingerprint density at radius 3 is 2.57 bits per heavy atom. The van der Waals surface area contributed by atoms with Gasteiger partial charge in [-0.15, -0.1) is 0 Å². The Balaban J connectivity index is 1.82. The molecule has 0 spiro atoms. The molecule has 1 fully saturated rings. The first-order chi connectivity index (χ1) is 9.88. The number of nitrogens with one attached hydrogen (secondary N) is 2. The molecule has 1 aromatic rings. The van der Waals surface area contributed by atoms with E-state index in [2.05, 4.69) is 10.6 Å². The summed E-state index contributed by atoms with van der Waals surface area (Å²) in [6, 6.07) is 6.61. The third-order valence-corrected chi connectivity index (χ3v) is 4.76. The van der Waals surface area contributed by atoms with Crippen LogP contribution in [0.4, 0.5) is 0 Å². The zero-order chi connectivity index (χ0) is 15.5. The van der Waals surface area contributed by atoms with E-state index >= 15 is 0 Å². The molecule has 1 aromatic carbocycles. The van der Waals surface area contributed by atoms with Crippen LogP contribution in [0.25, 0.3) is 0 Å². The van der Waals surface area contributed by atoms with Crippen LogP contribution in [-0.4, -0.2) is 33.5 Å². The fourth-order valence-corrected chi connectivity index (χ4v) is 3.04. The lowest BCUT2D eigenvalue weighted by Gasteiger charge is -2.14. The van der Waals surface area contributed by atoms with Crippen LogP contribution in [0.3, 0.4) is 0 Å². The molecule has 0 bridgehead atoms. The van der Waals surface area contributed by atoms with Crippen molar-refractivity contribution < 1.29 is 13.2 Å². The van der Waals surface area contributed by atoms with Gasteiger partial charge < -0.3 is 10.6 Å². The number of carbonyl (C=O) groups is 1. The molecular formula is C14H21N3O3S. The maximum Gasteiger partial charge on any atom is 0.238 e. The molecule has 6 nitrogen and oxygen atoms in total. The van der Waals surface area contributed by atoms with E-state index < -0.39 is 10.0 Å². The Labute approximate surface area is 125 Å². The molecule has 116 valence electrons. The summed E-state index contributed by atoms with van der Waals surface area (Å²) in [6.07, 6.45) is 1.53. The zero-order valence-corrected chi connectivity index (χ0v) is 12.8. The van der Waals surface area contributed by atoms with Gasteiger partial charge in [0, 0.05) is 12.6 Å². The molecule has 2 rings (SSSR count). The average Bonchev–Trinajstić information content (AvgIpc) is 2.84. The van der Waals surface area contributed by atoms with Crippen molar-refractivity contribution >= 4 is 15.9 Å². The smallest absolute Gasteiger partial charge is 0.238 e. The van der Waals surface area contributed by atoms with Gasteiger partial charge in [0.2, 0.25) is 15.9 Å². The first-order valence-electron chi connectivity index (χ1n) is 7.01. The molecule has 1 aliphatic rings. The molecule has 1 amide bonds. The monoisotopic (exact) mass is 311 g/mol. The lowest BCUT2D eigenvalue weighted by atomic mass is 10.0. The molecule has 0 aromatic heterocycles. The molecule has 2 atom stereocenters. The summed E-state index contributed by atoms with van der Waals surface area (Å²) >= 11 is 0. The summed E-state index contributed by atoms with van der Waals surface area (Å²) in [5.74, 6) is 0.114. The highest BCUT2D eigenvalue weighted by Crippen LogP contribution is 2.15. The van der Waals surface area contributed by atoms with Crippen molar-refractivity contribution in [2.45, 2.75) is 30.7 Å². The van der Waals surface area contributed by atoms with Crippen molar-refractivity contribution in [3.8, 4) is 0 Å². The Hall–Kier alpha value is -1.44. The maximum absolute atomic E-state index is 12.0. The SMILES string of the molecule is CC1NCCC1C(=O)NCCc1ccc(S(N)(=O)=O)cc1. The third kappa shape index (κ3) is 4.26. The minimum Gasteiger partial charge on any atom is -0.355 e. The highest BCUT2D eigenvalue weighted by molar-refractivity contribution is 7.89. The Morgan fingerprint density at radius 1 is 1.38 bits per heavy atom. The van der Waals surface area contributed by atoms with Crippen molar-refractivity contribution in [1.29, 1.82) is 0 Å². The highest BCUT2D eigenvalue weighted by Gasteiger charge is 2.28. The molecule has 21 heavy (non-hydrogen) atoms. The number of sulfonamides is 1. The van der Waals surface area contributed by atoms with E-state index in [1.807, 2.05) is 6.92 Å². The topological polar surface area (TPSA) is 101 Å². The number of hydrogen-bond donors (Lipinski definition) is 3. The van der Waals surface area contributed by atoms with Gasteiger partial charge in [-0.25, -0.2) is 13.6 Å². The predicted molar refractivity (Wildman–Crippen MR) is 80.1 cm³/mol. The Bertz CT molecular complexity index is 598. The van der Waals surface area contributed by atoms with E-state index in [0.29, 0.717) is 13.0 Å². The molecule has 1 aliphatic heterocycles. The molecule has 4 N–H and O–H groups in total. The van der Waals surface area contributed by atoms with Crippen LogP contribution in [0.5, 0.6) is 0 Å². The number of rotatable bonds is 5. The van der Waals surface area contributed by atoms with Gasteiger partial charge in [-0.2, -0.15) is 0 Å². The van der Waals surface area contributed by atoms with Crippen LogP contribution in [0, 0.1) is 5.92 Å². The highest BCUT2D eigenvalue weighted by atomic mass is 32.2. The van der Waals surface area contributed by atoms with E-state index in [9.17, 15) is 13.2 Å². The minimum atomic E-state index is -3.65. The summed E-state index contributed by atoms with van der Waals surface area (Å²) in [7, 11) is -3.65. The molecular weight excluding hydrogens is 290 g/mol. The van der Waals surface area contributed by atoms with E-state index in [4.69, 9.17) is 5.14 Å². The largest absolute Gasteiger partial charge is 0.355 e. The quantitative estimate of drug-likeness (QED) is 0.712. The van der Waals surface area contributed by atoms with Crippen molar-refractivity contribution in [2.24, 2.45) is 11.1 Å². The summed E-state index contributed by atoms with van der Waals surface area (Å²) in [6.45, 7) is 3.44. The fourth-order valence-electron chi connectivity index (χ4n) is 2.52. The molecule has 0 aliphatic carbocycles. The lowest BCUT2D eigenvalue weighted by Crippen LogP contribution is -2.37. The molecule has 7 heteroatoms. The number of amides is 1. The van der Waals surface area contributed by atoms with Gasteiger partial charge in [0.25, 0.3) is 0 Å². The van der Waals surface area contributed by atoms with E-state index in [1.54, 1.807) is 12.1 Å². The molecule has 0 saturated carbocycles. The van der Waals surface area contributed by atoms with E-state index in [1.165, 1.54) is 12.1 Å². The van der Waals surface area contributed by atoms with Crippen molar-refractivity contribution in [3.05, 3.63) is 29.8 Å². The maximum atomic E-state index is 12.0.